The predicted molar refractivity (Wildman–Crippen MR) is 64.6 cm³/mol. The van der Waals surface area contributed by atoms with Gasteiger partial charge in [0, 0.05) is 13.1 Å². The van der Waals surface area contributed by atoms with E-state index in [2.05, 4.69) is 6.92 Å². The quantitative estimate of drug-likeness (QED) is 0.807. The molecular weight excluding hydrogens is 218 g/mol. The Morgan fingerprint density at radius 1 is 1.41 bits per heavy atom. The highest BCUT2D eigenvalue weighted by molar-refractivity contribution is 5.77. The van der Waals surface area contributed by atoms with Gasteiger partial charge in [0.15, 0.2) is 0 Å². The van der Waals surface area contributed by atoms with Gasteiger partial charge in [0.1, 0.15) is 6.61 Å². The number of ether oxygens (including phenoxy) is 1. The summed E-state index contributed by atoms with van der Waals surface area (Å²) in [6.07, 6.45) is 5.28. The molecule has 1 N–H and O–H groups in total. The Hall–Kier alpha value is -0.610. The molecule has 2 fully saturated rings. The van der Waals surface area contributed by atoms with Crippen LogP contribution in [0.2, 0.25) is 0 Å². The van der Waals surface area contributed by atoms with Crippen molar-refractivity contribution in [3.8, 4) is 0 Å². The number of aliphatic hydroxyl groups is 1. The molecule has 1 amide bonds. The molecule has 2 unspecified atom stereocenters. The van der Waals surface area contributed by atoms with E-state index in [1.807, 2.05) is 0 Å². The molecule has 1 aliphatic carbocycles. The van der Waals surface area contributed by atoms with E-state index in [4.69, 9.17) is 4.74 Å². The molecule has 1 heterocycles. The van der Waals surface area contributed by atoms with Crippen LogP contribution in [0.15, 0.2) is 0 Å². The van der Waals surface area contributed by atoms with E-state index in [-0.39, 0.29) is 24.7 Å². The smallest absolute Gasteiger partial charge is 0.248 e. The Bertz CT molecular complexity index is 269. The average molecular weight is 241 g/mol. The molecule has 0 radical (unpaired) electrons. The molecular formula is C13H23NO3. The summed E-state index contributed by atoms with van der Waals surface area (Å²) in [5.41, 5.74) is 0. The molecule has 4 heteroatoms. The van der Waals surface area contributed by atoms with Crippen LogP contribution in [0.1, 0.15) is 39.0 Å². The summed E-state index contributed by atoms with van der Waals surface area (Å²) in [5.74, 6) is 0.747. The lowest BCUT2D eigenvalue weighted by Gasteiger charge is -2.27. The van der Waals surface area contributed by atoms with E-state index in [9.17, 15) is 9.90 Å². The van der Waals surface area contributed by atoms with Crippen molar-refractivity contribution in [1.82, 2.24) is 4.90 Å². The molecule has 0 aromatic rings. The van der Waals surface area contributed by atoms with Crippen LogP contribution in [-0.4, -0.2) is 47.8 Å². The van der Waals surface area contributed by atoms with Gasteiger partial charge in [-0.2, -0.15) is 0 Å². The molecule has 3 atom stereocenters. The number of carbonyl (C=O) groups is 1. The van der Waals surface area contributed by atoms with E-state index in [1.165, 1.54) is 12.8 Å². The van der Waals surface area contributed by atoms with Crippen molar-refractivity contribution in [2.75, 3.05) is 19.7 Å². The number of β-amino-alcohol motifs (C(OH)–C–C–N with tert-alkyl or cyclic N) is 1. The van der Waals surface area contributed by atoms with Crippen LogP contribution in [-0.2, 0) is 9.53 Å². The maximum atomic E-state index is 11.8. The fourth-order valence-electron chi connectivity index (χ4n) is 2.78. The van der Waals surface area contributed by atoms with E-state index in [1.54, 1.807) is 4.90 Å². The first-order valence-electron chi connectivity index (χ1n) is 6.72. The lowest BCUT2D eigenvalue weighted by molar-refractivity contribution is -0.138. The summed E-state index contributed by atoms with van der Waals surface area (Å²) < 4.78 is 5.69. The van der Waals surface area contributed by atoms with Crippen LogP contribution < -0.4 is 0 Å². The zero-order valence-electron chi connectivity index (χ0n) is 10.6. The van der Waals surface area contributed by atoms with Gasteiger partial charge in [-0.05, 0) is 25.2 Å². The Labute approximate surface area is 103 Å². The maximum absolute atomic E-state index is 11.8. The van der Waals surface area contributed by atoms with Gasteiger partial charge in [0.05, 0.1) is 12.2 Å². The van der Waals surface area contributed by atoms with Gasteiger partial charge < -0.3 is 14.7 Å². The minimum atomic E-state index is -0.339. The van der Waals surface area contributed by atoms with Gasteiger partial charge in [-0.15, -0.1) is 0 Å². The number of likely N-dealkylation sites (tertiary alicyclic amines) is 1. The molecule has 0 spiro atoms. The summed E-state index contributed by atoms with van der Waals surface area (Å²) in [5, 5.41) is 9.37. The largest absolute Gasteiger partial charge is 0.391 e. The van der Waals surface area contributed by atoms with Crippen LogP contribution in [0.3, 0.4) is 0 Å². The third-order valence-corrected chi connectivity index (χ3v) is 3.85. The minimum Gasteiger partial charge on any atom is -0.391 e. The van der Waals surface area contributed by atoms with Crippen molar-refractivity contribution in [1.29, 1.82) is 0 Å². The van der Waals surface area contributed by atoms with Crippen molar-refractivity contribution in [3.05, 3.63) is 0 Å². The van der Waals surface area contributed by atoms with Crippen LogP contribution in [0, 0.1) is 5.92 Å². The first kappa shape index (κ1) is 12.8. The monoisotopic (exact) mass is 241 g/mol. The fraction of sp³-hybridized carbons (Fsp3) is 0.923. The van der Waals surface area contributed by atoms with Gasteiger partial charge in [0.25, 0.3) is 0 Å². The van der Waals surface area contributed by atoms with E-state index in [0.29, 0.717) is 19.5 Å². The summed E-state index contributed by atoms with van der Waals surface area (Å²) >= 11 is 0. The van der Waals surface area contributed by atoms with Crippen molar-refractivity contribution < 1.29 is 14.6 Å². The molecule has 2 aliphatic rings. The Morgan fingerprint density at radius 3 is 2.88 bits per heavy atom. The van der Waals surface area contributed by atoms with Crippen molar-refractivity contribution >= 4 is 5.91 Å². The normalized spacial score (nSPS) is 34.0. The van der Waals surface area contributed by atoms with Crippen LogP contribution in [0.4, 0.5) is 0 Å². The van der Waals surface area contributed by atoms with Crippen LogP contribution in [0.5, 0.6) is 0 Å². The SMILES string of the molecule is CC1CCCC(OCC(=O)N2CC[C@@H](O)C2)C1. The number of aliphatic hydroxyl groups excluding tert-OH is 1. The topological polar surface area (TPSA) is 49.8 Å². The summed E-state index contributed by atoms with van der Waals surface area (Å²) in [6, 6.07) is 0. The second-order valence-corrected chi connectivity index (χ2v) is 5.49. The second-order valence-electron chi connectivity index (χ2n) is 5.49. The van der Waals surface area contributed by atoms with E-state index < -0.39 is 0 Å². The molecule has 0 aromatic carbocycles. The molecule has 1 aliphatic heterocycles. The number of rotatable bonds is 3. The average Bonchev–Trinajstić information content (AvgIpc) is 2.73. The highest BCUT2D eigenvalue weighted by Crippen LogP contribution is 2.25. The Kier molecular flexibility index (Phi) is 4.40. The predicted octanol–water partition coefficient (Wildman–Crippen LogP) is 1.17. The third-order valence-electron chi connectivity index (χ3n) is 3.85. The van der Waals surface area contributed by atoms with Crippen LogP contribution in [0.25, 0.3) is 0 Å². The molecule has 1 saturated carbocycles. The molecule has 0 bridgehead atoms. The lowest BCUT2D eigenvalue weighted by Crippen LogP contribution is -2.34. The number of carbonyl (C=O) groups excluding carboxylic acids is 1. The highest BCUT2D eigenvalue weighted by Gasteiger charge is 2.26. The molecule has 1 saturated heterocycles. The highest BCUT2D eigenvalue weighted by atomic mass is 16.5. The summed E-state index contributed by atoms with van der Waals surface area (Å²) in [4.78, 5) is 13.5. The van der Waals surface area contributed by atoms with Crippen molar-refractivity contribution in [2.24, 2.45) is 5.92 Å². The van der Waals surface area contributed by atoms with Gasteiger partial charge in [-0.25, -0.2) is 0 Å². The standard InChI is InChI=1S/C13H23NO3/c1-10-3-2-4-12(7-10)17-9-13(16)14-6-5-11(15)8-14/h10-12,15H,2-9H2,1H3/t10?,11-,12?/m1/s1. The first-order chi connectivity index (χ1) is 8.15. The number of hydrogen-bond acceptors (Lipinski definition) is 3. The first-order valence-corrected chi connectivity index (χ1v) is 6.72. The van der Waals surface area contributed by atoms with Gasteiger partial charge in [-0.3, -0.25) is 4.79 Å². The maximum Gasteiger partial charge on any atom is 0.248 e. The fourth-order valence-corrected chi connectivity index (χ4v) is 2.78. The minimum absolute atomic E-state index is 0.0276. The van der Waals surface area contributed by atoms with Gasteiger partial charge in [0.2, 0.25) is 5.91 Å². The van der Waals surface area contributed by atoms with Crippen molar-refractivity contribution in [2.45, 2.75) is 51.2 Å². The lowest BCUT2D eigenvalue weighted by atomic mass is 9.89. The number of hydrogen-bond donors (Lipinski definition) is 1. The molecule has 2 rings (SSSR count). The molecule has 0 aromatic heterocycles. The summed E-state index contributed by atoms with van der Waals surface area (Å²) in [6.45, 7) is 3.58. The molecule has 4 nitrogen and oxygen atoms in total. The van der Waals surface area contributed by atoms with E-state index in [0.717, 1.165) is 18.8 Å². The summed E-state index contributed by atoms with van der Waals surface area (Å²) in [7, 11) is 0. The van der Waals surface area contributed by atoms with Gasteiger partial charge >= 0.3 is 0 Å². The van der Waals surface area contributed by atoms with Gasteiger partial charge in [-0.1, -0.05) is 19.8 Å². The van der Waals surface area contributed by atoms with Crippen LogP contribution >= 0.6 is 0 Å². The third kappa shape index (κ3) is 3.68. The van der Waals surface area contributed by atoms with E-state index >= 15 is 0 Å². The molecule has 98 valence electrons. The Balaban J connectivity index is 1.69. The zero-order chi connectivity index (χ0) is 12.3. The second kappa shape index (κ2) is 5.83. The number of amides is 1. The number of nitrogens with zero attached hydrogens (tertiary/aromatic N) is 1. The zero-order valence-corrected chi connectivity index (χ0v) is 10.6. The molecule has 17 heavy (non-hydrogen) atoms. The Morgan fingerprint density at radius 2 is 2.24 bits per heavy atom. The van der Waals surface area contributed by atoms with Crippen molar-refractivity contribution in [3.63, 3.8) is 0 Å².